The number of benzene rings is 1. The molecule has 0 bridgehead atoms. The van der Waals surface area contributed by atoms with Gasteiger partial charge in [0.2, 0.25) is 0 Å². The molecule has 0 fully saturated rings. The first-order chi connectivity index (χ1) is 8.70. The summed E-state index contributed by atoms with van der Waals surface area (Å²) in [5, 5.41) is 10.4. The fourth-order valence-electron chi connectivity index (χ4n) is 1.51. The molecule has 0 amide bonds. The number of rotatable bonds is 4. The lowest BCUT2D eigenvalue weighted by molar-refractivity contribution is 0.169. The van der Waals surface area contributed by atoms with Gasteiger partial charge < -0.3 is 5.11 Å². The van der Waals surface area contributed by atoms with Gasteiger partial charge in [-0.2, -0.15) is 0 Å². The van der Waals surface area contributed by atoms with Crippen molar-refractivity contribution < 1.29 is 5.11 Å². The highest BCUT2D eigenvalue weighted by molar-refractivity contribution is 7.99. The molecule has 1 heterocycles. The molecular weight excluding hydrogens is 266 g/mol. The van der Waals surface area contributed by atoms with E-state index >= 15 is 0 Å². The van der Waals surface area contributed by atoms with Crippen LogP contribution in [0.2, 0.25) is 5.02 Å². The Kier molecular flexibility index (Phi) is 4.64. The van der Waals surface area contributed by atoms with Crippen LogP contribution in [0.25, 0.3) is 0 Å². The van der Waals surface area contributed by atoms with Crippen molar-refractivity contribution in [2.75, 3.05) is 0 Å². The molecule has 0 saturated carbocycles. The molecule has 1 unspecified atom stereocenters. The van der Waals surface area contributed by atoms with Gasteiger partial charge in [-0.3, -0.25) is 4.98 Å². The monoisotopic (exact) mass is 279 g/mol. The first-order valence-electron chi connectivity index (χ1n) is 5.77. The summed E-state index contributed by atoms with van der Waals surface area (Å²) >= 11 is 7.66. The topological polar surface area (TPSA) is 33.1 Å². The van der Waals surface area contributed by atoms with Crippen LogP contribution < -0.4 is 0 Å². The van der Waals surface area contributed by atoms with E-state index in [0.717, 1.165) is 14.8 Å². The van der Waals surface area contributed by atoms with Gasteiger partial charge in [-0.05, 0) is 30.7 Å². The minimum Gasteiger partial charge on any atom is -0.387 e. The summed E-state index contributed by atoms with van der Waals surface area (Å²) in [5.74, 6) is 0. The first-order valence-corrected chi connectivity index (χ1v) is 6.96. The largest absolute Gasteiger partial charge is 0.387 e. The number of aliphatic hydroxyl groups is 1. The van der Waals surface area contributed by atoms with Crippen molar-refractivity contribution in [2.24, 2.45) is 0 Å². The fraction of sp³-hybridized carbons (Fsp3) is 0.214. The summed E-state index contributed by atoms with van der Waals surface area (Å²) < 4.78 is 0. The second kappa shape index (κ2) is 6.23. The summed E-state index contributed by atoms with van der Waals surface area (Å²) in [6.07, 6.45) is 1.95. The van der Waals surface area contributed by atoms with Crippen molar-refractivity contribution in [3.8, 4) is 0 Å². The molecule has 0 radical (unpaired) electrons. The smallest absolute Gasteiger partial charge is 0.0957 e. The highest BCUT2D eigenvalue weighted by Crippen LogP contribution is 2.32. The van der Waals surface area contributed by atoms with Gasteiger partial charge in [0.05, 0.1) is 16.8 Å². The van der Waals surface area contributed by atoms with E-state index < -0.39 is 6.10 Å². The average Bonchev–Trinajstić information content (AvgIpc) is 2.41. The Hall–Kier alpha value is -1.03. The Morgan fingerprint density at radius 3 is 2.67 bits per heavy atom. The van der Waals surface area contributed by atoms with Crippen molar-refractivity contribution >= 4 is 23.4 Å². The minimum absolute atomic E-state index is 0.482. The molecular formula is C14H14ClNOS. The maximum absolute atomic E-state index is 9.66. The van der Waals surface area contributed by atoms with Crippen LogP contribution in [-0.2, 0) is 0 Å². The molecule has 0 aliphatic heterocycles. The van der Waals surface area contributed by atoms with Crippen LogP contribution in [0.15, 0.2) is 52.4 Å². The summed E-state index contributed by atoms with van der Waals surface area (Å²) in [6.45, 7) is 1.93. The van der Waals surface area contributed by atoms with Crippen molar-refractivity contribution in [2.45, 2.75) is 29.2 Å². The molecule has 2 nitrogen and oxygen atoms in total. The van der Waals surface area contributed by atoms with Crippen LogP contribution in [0.4, 0.5) is 0 Å². The zero-order valence-corrected chi connectivity index (χ0v) is 11.6. The third-order valence-electron chi connectivity index (χ3n) is 2.55. The highest BCUT2D eigenvalue weighted by atomic mass is 35.5. The molecule has 18 heavy (non-hydrogen) atoms. The van der Waals surface area contributed by atoms with Crippen LogP contribution in [-0.4, -0.2) is 10.1 Å². The van der Waals surface area contributed by atoms with E-state index in [2.05, 4.69) is 4.98 Å². The van der Waals surface area contributed by atoms with Crippen LogP contribution in [0.1, 0.15) is 25.1 Å². The Morgan fingerprint density at radius 1 is 1.28 bits per heavy atom. The van der Waals surface area contributed by atoms with Gasteiger partial charge in [0.15, 0.2) is 0 Å². The standard InChI is InChI=1S/C14H14ClNOS/c1-2-13(17)12-8-7-10(9-16-12)18-14-6-4-3-5-11(14)15/h3-9,13,17H,2H2,1H3. The Labute approximate surface area is 116 Å². The number of halogens is 1. The third-order valence-corrected chi connectivity index (χ3v) is 4.05. The lowest BCUT2D eigenvalue weighted by atomic mass is 10.2. The average molecular weight is 280 g/mol. The Bertz CT molecular complexity index is 515. The highest BCUT2D eigenvalue weighted by Gasteiger charge is 2.07. The molecule has 2 aromatic rings. The molecule has 1 atom stereocenters. The Morgan fingerprint density at radius 2 is 2.06 bits per heavy atom. The second-order valence-corrected chi connectivity index (χ2v) is 5.40. The number of hydrogen-bond acceptors (Lipinski definition) is 3. The molecule has 0 aliphatic carbocycles. The van der Waals surface area contributed by atoms with Gasteiger partial charge in [0.25, 0.3) is 0 Å². The van der Waals surface area contributed by atoms with Gasteiger partial charge in [0.1, 0.15) is 0 Å². The first kappa shape index (κ1) is 13.4. The van der Waals surface area contributed by atoms with E-state index in [1.54, 1.807) is 18.0 Å². The normalized spacial score (nSPS) is 12.4. The lowest BCUT2D eigenvalue weighted by Gasteiger charge is -2.08. The van der Waals surface area contributed by atoms with Gasteiger partial charge in [-0.25, -0.2) is 0 Å². The molecule has 2 rings (SSSR count). The SMILES string of the molecule is CCC(O)c1ccc(Sc2ccccc2Cl)cn1. The van der Waals surface area contributed by atoms with Crippen molar-refractivity contribution in [1.82, 2.24) is 4.98 Å². The predicted octanol–water partition coefficient (Wildman–Crippen LogP) is 4.33. The molecule has 4 heteroatoms. The van der Waals surface area contributed by atoms with Crippen LogP contribution in [0, 0.1) is 0 Å². The van der Waals surface area contributed by atoms with E-state index in [-0.39, 0.29) is 0 Å². The number of aliphatic hydroxyl groups excluding tert-OH is 1. The maximum Gasteiger partial charge on any atom is 0.0957 e. The van der Waals surface area contributed by atoms with E-state index in [1.165, 1.54) is 0 Å². The van der Waals surface area contributed by atoms with Gasteiger partial charge >= 0.3 is 0 Å². The lowest BCUT2D eigenvalue weighted by Crippen LogP contribution is -1.97. The van der Waals surface area contributed by atoms with E-state index in [0.29, 0.717) is 12.1 Å². The van der Waals surface area contributed by atoms with Crippen molar-refractivity contribution in [1.29, 1.82) is 0 Å². The van der Waals surface area contributed by atoms with Gasteiger partial charge in [-0.1, -0.05) is 42.4 Å². The van der Waals surface area contributed by atoms with Crippen LogP contribution in [0.5, 0.6) is 0 Å². The van der Waals surface area contributed by atoms with E-state index in [1.807, 2.05) is 43.3 Å². The number of hydrogen-bond donors (Lipinski definition) is 1. The van der Waals surface area contributed by atoms with E-state index in [4.69, 9.17) is 11.6 Å². The molecule has 1 aromatic heterocycles. The van der Waals surface area contributed by atoms with Crippen molar-refractivity contribution in [3.05, 3.63) is 53.3 Å². The third kappa shape index (κ3) is 3.25. The number of pyridine rings is 1. The number of aromatic nitrogens is 1. The summed E-state index contributed by atoms with van der Waals surface area (Å²) in [5.41, 5.74) is 0.709. The zero-order chi connectivity index (χ0) is 13.0. The number of nitrogens with zero attached hydrogens (tertiary/aromatic N) is 1. The molecule has 94 valence electrons. The van der Waals surface area contributed by atoms with Crippen LogP contribution in [0.3, 0.4) is 0 Å². The molecule has 0 aliphatic rings. The minimum atomic E-state index is -0.482. The molecule has 0 saturated heterocycles. The van der Waals surface area contributed by atoms with Gasteiger partial charge in [-0.15, -0.1) is 0 Å². The molecule has 0 spiro atoms. The zero-order valence-electron chi connectivity index (χ0n) is 10.0. The summed E-state index contributed by atoms with van der Waals surface area (Å²) in [7, 11) is 0. The molecule has 1 aromatic carbocycles. The summed E-state index contributed by atoms with van der Waals surface area (Å²) in [4.78, 5) is 6.28. The predicted molar refractivity (Wildman–Crippen MR) is 75.1 cm³/mol. The quantitative estimate of drug-likeness (QED) is 0.904. The Balaban J connectivity index is 2.14. The molecule has 1 N–H and O–H groups in total. The second-order valence-electron chi connectivity index (χ2n) is 3.88. The summed E-state index contributed by atoms with van der Waals surface area (Å²) in [6, 6.07) is 11.5. The van der Waals surface area contributed by atoms with Gasteiger partial charge in [0, 0.05) is 16.0 Å². The van der Waals surface area contributed by atoms with E-state index in [9.17, 15) is 5.11 Å². The van der Waals surface area contributed by atoms with Crippen molar-refractivity contribution in [3.63, 3.8) is 0 Å². The van der Waals surface area contributed by atoms with Crippen LogP contribution >= 0.6 is 23.4 Å². The maximum atomic E-state index is 9.66. The fourth-order valence-corrected chi connectivity index (χ4v) is 2.57.